The summed E-state index contributed by atoms with van der Waals surface area (Å²) in [5.74, 6) is 1.59. The summed E-state index contributed by atoms with van der Waals surface area (Å²) in [6.07, 6.45) is 7.02. The van der Waals surface area contributed by atoms with Crippen molar-refractivity contribution >= 4 is 10.8 Å². The van der Waals surface area contributed by atoms with Crippen LogP contribution < -0.4 is 9.47 Å². The van der Waals surface area contributed by atoms with Gasteiger partial charge in [-0.05, 0) is 47.5 Å². The van der Waals surface area contributed by atoms with Crippen molar-refractivity contribution in [1.29, 1.82) is 0 Å². The Morgan fingerprint density at radius 3 is 2.59 bits per heavy atom. The van der Waals surface area contributed by atoms with E-state index in [0.717, 1.165) is 44.8 Å². The van der Waals surface area contributed by atoms with E-state index in [1.807, 2.05) is 31.3 Å². The summed E-state index contributed by atoms with van der Waals surface area (Å²) in [6.45, 7) is 2.30. The van der Waals surface area contributed by atoms with Crippen molar-refractivity contribution in [2.75, 3.05) is 7.11 Å². The molecule has 0 radical (unpaired) electrons. The topological polar surface area (TPSA) is 57.1 Å². The van der Waals surface area contributed by atoms with E-state index in [1.165, 1.54) is 0 Å². The number of aromatic nitrogens is 3. The standard InChI is InChI=1S/C22H19N3O2/c1-15-11-25-19(12-24-15)14-27-20-6-5-16-3-4-17(9-18(16)10-20)21-13-23-8-7-22(21)26-2/h3-13H,14H2,1-2H3. The van der Waals surface area contributed by atoms with Crippen LogP contribution in [-0.2, 0) is 6.61 Å². The highest BCUT2D eigenvalue weighted by atomic mass is 16.5. The van der Waals surface area contributed by atoms with E-state index in [0.29, 0.717) is 6.61 Å². The Balaban J connectivity index is 1.62. The van der Waals surface area contributed by atoms with Crippen LogP contribution in [0.1, 0.15) is 11.4 Å². The summed E-state index contributed by atoms with van der Waals surface area (Å²) in [5.41, 5.74) is 3.70. The Kier molecular flexibility index (Phi) is 4.66. The van der Waals surface area contributed by atoms with Crippen LogP contribution in [0.25, 0.3) is 21.9 Å². The van der Waals surface area contributed by atoms with Gasteiger partial charge in [-0.3, -0.25) is 15.0 Å². The Morgan fingerprint density at radius 1 is 0.889 bits per heavy atom. The Labute approximate surface area is 157 Å². The number of ether oxygens (including phenoxy) is 2. The van der Waals surface area contributed by atoms with Crippen LogP contribution in [0, 0.1) is 6.92 Å². The average molecular weight is 357 g/mol. The molecule has 0 aliphatic rings. The zero-order chi connectivity index (χ0) is 18.6. The summed E-state index contributed by atoms with van der Waals surface area (Å²) in [4.78, 5) is 12.8. The number of aryl methyl sites for hydroxylation is 1. The van der Waals surface area contributed by atoms with Crippen molar-refractivity contribution < 1.29 is 9.47 Å². The fraction of sp³-hybridized carbons (Fsp3) is 0.136. The van der Waals surface area contributed by atoms with Gasteiger partial charge in [0.05, 0.1) is 24.7 Å². The number of rotatable bonds is 5. The maximum Gasteiger partial charge on any atom is 0.132 e. The first-order chi connectivity index (χ1) is 13.2. The van der Waals surface area contributed by atoms with Crippen molar-refractivity contribution in [1.82, 2.24) is 15.0 Å². The predicted molar refractivity (Wildman–Crippen MR) is 105 cm³/mol. The van der Waals surface area contributed by atoms with Crippen molar-refractivity contribution in [2.24, 2.45) is 0 Å². The number of hydrogen-bond acceptors (Lipinski definition) is 5. The van der Waals surface area contributed by atoms with Gasteiger partial charge in [-0.25, -0.2) is 0 Å². The molecule has 0 N–H and O–H groups in total. The van der Waals surface area contributed by atoms with Gasteiger partial charge in [-0.2, -0.15) is 0 Å². The van der Waals surface area contributed by atoms with E-state index >= 15 is 0 Å². The summed E-state index contributed by atoms with van der Waals surface area (Å²) < 4.78 is 11.3. The van der Waals surface area contributed by atoms with Crippen molar-refractivity contribution in [3.8, 4) is 22.6 Å². The van der Waals surface area contributed by atoms with Gasteiger partial charge in [-0.15, -0.1) is 0 Å². The van der Waals surface area contributed by atoms with E-state index < -0.39 is 0 Å². The van der Waals surface area contributed by atoms with Crippen LogP contribution in [0.15, 0.2) is 67.3 Å². The van der Waals surface area contributed by atoms with Crippen LogP contribution in [0.3, 0.4) is 0 Å². The normalized spacial score (nSPS) is 10.7. The number of hydrogen-bond donors (Lipinski definition) is 0. The lowest BCUT2D eigenvalue weighted by Crippen LogP contribution is -1.99. The highest BCUT2D eigenvalue weighted by Crippen LogP contribution is 2.32. The molecule has 134 valence electrons. The molecule has 0 spiro atoms. The second-order valence-electron chi connectivity index (χ2n) is 6.24. The summed E-state index contributed by atoms with van der Waals surface area (Å²) >= 11 is 0. The van der Waals surface area contributed by atoms with Gasteiger partial charge in [0, 0.05) is 24.2 Å². The van der Waals surface area contributed by atoms with Crippen molar-refractivity contribution in [3.63, 3.8) is 0 Å². The first kappa shape index (κ1) is 17.0. The quantitative estimate of drug-likeness (QED) is 0.523. The van der Waals surface area contributed by atoms with Gasteiger partial charge in [0.15, 0.2) is 0 Å². The van der Waals surface area contributed by atoms with Crippen LogP contribution in [0.2, 0.25) is 0 Å². The fourth-order valence-corrected chi connectivity index (χ4v) is 2.91. The zero-order valence-corrected chi connectivity index (χ0v) is 15.2. The molecule has 2 aromatic carbocycles. The van der Waals surface area contributed by atoms with E-state index in [1.54, 1.807) is 25.7 Å². The van der Waals surface area contributed by atoms with E-state index in [4.69, 9.17) is 9.47 Å². The number of pyridine rings is 1. The highest BCUT2D eigenvalue weighted by Gasteiger charge is 2.07. The Hall–Kier alpha value is -3.47. The molecule has 0 aliphatic heterocycles. The molecular weight excluding hydrogens is 338 g/mol. The number of nitrogens with zero attached hydrogens (tertiary/aromatic N) is 3. The van der Waals surface area contributed by atoms with Gasteiger partial charge in [0.2, 0.25) is 0 Å². The molecular formula is C22H19N3O2. The molecule has 0 amide bonds. The van der Waals surface area contributed by atoms with Gasteiger partial charge < -0.3 is 9.47 Å². The summed E-state index contributed by atoms with van der Waals surface area (Å²) in [7, 11) is 1.67. The first-order valence-electron chi connectivity index (χ1n) is 8.65. The molecule has 0 saturated carbocycles. The summed E-state index contributed by atoms with van der Waals surface area (Å²) in [5, 5.41) is 2.23. The molecule has 2 aromatic heterocycles. The van der Waals surface area contributed by atoms with Crippen LogP contribution in [0.5, 0.6) is 11.5 Å². The third-order valence-corrected chi connectivity index (χ3v) is 4.34. The third kappa shape index (κ3) is 3.72. The zero-order valence-electron chi connectivity index (χ0n) is 15.2. The second kappa shape index (κ2) is 7.41. The molecule has 4 rings (SSSR count). The molecule has 2 heterocycles. The third-order valence-electron chi connectivity index (χ3n) is 4.34. The smallest absolute Gasteiger partial charge is 0.132 e. The number of benzene rings is 2. The van der Waals surface area contributed by atoms with E-state index in [-0.39, 0.29) is 0 Å². The minimum Gasteiger partial charge on any atom is -0.496 e. The second-order valence-corrected chi connectivity index (χ2v) is 6.24. The molecule has 0 bridgehead atoms. The van der Waals surface area contributed by atoms with Crippen molar-refractivity contribution in [3.05, 3.63) is 78.6 Å². The molecule has 0 unspecified atom stereocenters. The molecule has 4 aromatic rings. The molecule has 0 saturated heterocycles. The fourth-order valence-electron chi connectivity index (χ4n) is 2.91. The first-order valence-corrected chi connectivity index (χ1v) is 8.65. The van der Waals surface area contributed by atoms with Crippen molar-refractivity contribution in [2.45, 2.75) is 13.5 Å². The SMILES string of the molecule is COc1ccncc1-c1ccc2ccc(OCc3cnc(C)cn3)cc2c1. The largest absolute Gasteiger partial charge is 0.496 e. The van der Waals surface area contributed by atoms with Gasteiger partial charge in [-0.1, -0.05) is 18.2 Å². The van der Waals surface area contributed by atoms with Crippen LogP contribution in [-0.4, -0.2) is 22.1 Å². The highest BCUT2D eigenvalue weighted by molar-refractivity contribution is 5.89. The minimum atomic E-state index is 0.384. The summed E-state index contributed by atoms with van der Waals surface area (Å²) in [6, 6.07) is 14.2. The monoisotopic (exact) mass is 357 g/mol. The van der Waals surface area contributed by atoms with Crippen LogP contribution in [0.4, 0.5) is 0 Å². The molecule has 0 atom stereocenters. The lowest BCUT2D eigenvalue weighted by molar-refractivity contribution is 0.301. The maximum absolute atomic E-state index is 5.89. The predicted octanol–water partition coefficient (Wildman–Crippen LogP) is 4.59. The molecule has 5 nitrogen and oxygen atoms in total. The minimum absolute atomic E-state index is 0.384. The number of methoxy groups -OCH3 is 1. The molecule has 0 fully saturated rings. The van der Waals surface area contributed by atoms with E-state index in [2.05, 4.69) is 39.2 Å². The molecule has 27 heavy (non-hydrogen) atoms. The Morgan fingerprint density at radius 2 is 1.78 bits per heavy atom. The van der Waals surface area contributed by atoms with Crippen LogP contribution >= 0.6 is 0 Å². The lowest BCUT2D eigenvalue weighted by atomic mass is 10.0. The van der Waals surface area contributed by atoms with Gasteiger partial charge in [0.25, 0.3) is 0 Å². The average Bonchev–Trinajstić information content (AvgIpc) is 2.72. The van der Waals surface area contributed by atoms with E-state index in [9.17, 15) is 0 Å². The number of fused-ring (bicyclic) bond motifs is 1. The molecule has 5 heteroatoms. The Bertz CT molecular complexity index is 1080. The van der Waals surface area contributed by atoms with Gasteiger partial charge >= 0.3 is 0 Å². The molecule has 0 aliphatic carbocycles. The maximum atomic E-state index is 5.89. The van der Waals surface area contributed by atoms with Gasteiger partial charge in [0.1, 0.15) is 18.1 Å². The lowest BCUT2D eigenvalue weighted by Gasteiger charge is -2.10.